The maximum atomic E-state index is 13.0. The minimum absolute atomic E-state index is 0.115. The van der Waals surface area contributed by atoms with Crippen molar-refractivity contribution in [2.75, 3.05) is 12.8 Å². The van der Waals surface area contributed by atoms with Gasteiger partial charge in [-0.3, -0.25) is 4.79 Å². The molecule has 0 radical (unpaired) electrons. The van der Waals surface area contributed by atoms with E-state index < -0.39 is 11.6 Å². The van der Waals surface area contributed by atoms with Crippen LogP contribution >= 0.6 is 11.8 Å². The van der Waals surface area contributed by atoms with E-state index in [2.05, 4.69) is 9.97 Å². The minimum atomic E-state index is -0.911. The van der Waals surface area contributed by atoms with Crippen LogP contribution in [0.25, 0.3) is 0 Å². The summed E-state index contributed by atoms with van der Waals surface area (Å²) in [7, 11) is 1.66. The standard InChI is InChI=1S/C13H13F2N3OS/c1-18(7-12-16-4-5-17-12)13(19)8-20-9-2-3-10(14)11(15)6-9/h2-6H,7-8H2,1H3,(H,16,17). The van der Waals surface area contributed by atoms with E-state index in [1.54, 1.807) is 19.4 Å². The number of thioether (sulfide) groups is 1. The summed E-state index contributed by atoms with van der Waals surface area (Å²) < 4.78 is 25.8. The molecule has 0 saturated carbocycles. The Morgan fingerprint density at radius 2 is 2.20 bits per heavy atom. The lowest BCUT2D eigenvalue weighted by Crippen LogP contribution is -2.28. The number of benzene rings is 1. The fraction of sp³-hybridized carbons (Fsp3) is 0.231. The van der Waals surface area contributed by atoms with Crippen LogP contribution in [0.2, 0.25) is 0 Å². The Labute approximate surface area is 119 Å². The van der Waals surface area contributed by atoms with Gasteiger partial charge in [0.25, 0.3) is 0 Å². The number of aromatic amines is 1. The smallest absolute Gasteiger partial charge is 0.233 e. The number of carbonyl (C=O) groups excluding carboxylic acids is 1. The highest BCUT2D eigenvalue weighted by Gasteiger charge is 2.11. The van der Waals surface area contributed by atoms with E-state index in [0.717, 1.165) is 23.9 Å². The maximum absolute atomic E-state index is 13.0. The normalized spacial score (nSPS) is 10.6. The zero-order chi connectivity index (χ0) is 14.5. The molecule has 1 heterocycles. The lowest BCUT2D eigenvalue weighted by molar-refractivity contribution is -0.127. The summed E-state index contributed by atoms with van der Waals surface area (Å²) in [6, 6.07) is 3.58. The highest BCUT2D eigenvalue weighted by Crippen LogP contribution is 2.20. The molecule has 1 amide bonds. The predicted molar refractivity (Wildman–Crippen MR) is 72.1 cm³/mol. The van der Waals surface area contributed by atoms with E-state index >= 15 is 0 Å². The van der Waals surface area contributed by atoms with Crippen molar-refractivity contribution in [1.29, 1.82) is 0 Å². The first-order valence-corrected chi connectivity index (χ1v) is 6.85. The van der Waals surface area contributed by atoms with Gasteiger partial charge in [-0.05, 0) is 18.2 Å². The molecule has 2 rings (SSSR count). The molecule has 2 aromatic rings. The Morgan fingerprint density at radius 3 is 2.85 bits per heavy atom. The van der Waals surface area contributed by atoms with E-state index in [1.165, 1.54) is 11.0 Å². The van der Waals surface area contributed by atoms with E-state index in [0.29, 0.717) is 17.3 Å². The molecular formula is C13H13F2N3OS. The van der Waals surface area contributed by atoms with Gasteiger partial charge in [0.2, 0.25) is 5.91 Å². The third-order valence-corrected chi connectivity index (χ3v) is 3.60. The van der Waals surface area contributed by atoms with Crippen LogP contribution in [-0.2, 0) is 11.3 Å². The van der Waals surface area contributed by atoms with Gasteiger partial charge in [0.1, 0.15) is 5.82 Å². The molecule has 1 aromatic heterocycles. The topological polar surface area (TPSA) is 49.0 Å². The molecule has 0 fully saturated rings. The van der Waals surface area contributed by atoms with Crippen molar-refractivity contribution in [3.8, 4) is 0 Å². The number of nitrogens with zero attached hydrogens (tertiary/aromatic N) is 2. The largest absolute Gasteiger partial charge is 0.347 e. The Hall–Kier alpha value is -1.89. The molecule has 0 bridgehead atoms. The van der Waals surface area contributed by atoms with Crippen LogP contribution < -0.4 is 0 Å². The Morgan fingerprint density at radius 1 is 1.40 bits per heavy atom. The van der Waals surface area contributed by atoms with Crippen LogP contribution in [0.4, 0.5) is 8.78 Å². The van der Waals surface area contributed by atoms with Crippen LogP contribution in [0.15, 0.2) is 35.5 Å². The monoisotopic (exact) mass is 297 g/mol. The van der Waals surface area contributed by atoms with Crippen molar-refractivity contribution in [3.63, 3.8) is 0 Å². The van der Waals surface area contributed by atoms with Gasteiger partial charge in [0, 0.05) is 24.3 Å². The third kappa shape index (κ3) is 3.80. The Bertz CT molecular complexity index is 589. The molecule has 0 aliphatic heterocycles. The molecule has 0 spiro atoms. The van der Waals surface area contributed by atoms with Crippen molar-refractivity contribution in [1.82, 2.24) is 14.9 Å². The molecule has 7 heteroatoms. The fourth-order valence-corrected chi connectivity index (χ4v) is 2.38. The first-order valence-electron chi connectivity index (χ1n) is 5.86. The first-order chi connectivity index (χ1) is 9.56. The number of amides is 1. The maximum Gasteiger partial charge on any atom is 0.233 e. The lowest BCUT2D eigenvalue weighted by Gasteiger charge is -2.15. The molecule has 0 atom stereocenters. The third-order valence-electron chi connectivity index (χ3n) is 2.62. The number of carbonyl (C=O) groups is 1. The van der Waals surface area contributed by atoms with Gasteiger partial charge in [-0.2, -0.15) is 0 Å². The number of imidazole rings is 1. The number of rotatable bonds is 5. The first kappa shape index (κ1) is 14.5. The number of hydrogen-bond acceptors (Lipinski definition) is 3. The molecular weight excluding hydrogens is 284 g/mol. The summed E-state index contributed by atoms with van der Waals surface area (Å²) in [5.74, 6) is -1.07. The van der Waals surface area contributed by atoms with Gasteiger partial charge in [-0.15, -0.1) is 11.8 Å². The van der Waals surface area contributed by atoms with Crippen LogP contribution in [0, 0.1) is 11.6 Å². The highest BCUT2D eigenvalue weighted by molar-refractivity contribution is 8.00. The molecule has 4 nitrogen and oxygen atoms in total. The molecule has 0 aliphatic rings. The van der Waals surface area contributed by atoms with E-state index in [1.807, 2.05) is 0 Å². The van der Waals surface area contributed by atoms with Crippen molar-refractivity contribution < 1.29 is 13.6 Å². The number of aromatic nitrogens is 2. The van der Waals surface area contributed by atoms with Gasteiger partial charge in [0.05, 0.1) is 12.3 Å². The van der Waals surface area contributed by atoms with E-state index in [-0.39, 0.29) is 11.7 Å². The van der Waals surface area contributed by atoms with E-state index in [4.69, 9.17) is 0 Å². The zero-order valence-corrected chi connectivity index (χ0v) is 11.6. The molecule has 1 aromatic carbocycles. The van der Waals surface area contributed by atoms with Crippen LogP contribution in [0.1, 0.15) is 5.82 Å². The summed E-state index contributed by atoms with van der Waals surface area (Å²) in [6.07, 6.45) is 3.30. The number of H-pyrrole nitrogens is 1. The summed E-state index contributed by atoms with van der Waals surface area (Å²) in [5, 5.41) is 0. The van der Waals surface area contributed by atoms with Crippen molar-refractivity contribution in [2.24, 2.45) is 0 Å². The van der Waals surface area contributed by atoms with Gasteiger partial charge < -0.3 is 9.88 Å². The second-order valence-corrected chi connectivity index (χ2v) is 5.20. The molecule has 20 heavy (non-hydrogen) atoms. The number of nitrogens with one attached hydrogen (secondary N) is 1. The summed E-state index contributed by atoms with van der Waals surface area (Å²) in [4.78, 5) is 20.9. The summed E-state index contributed by atoms with van der Waals surface area (Å²) in [6.45, 7) is 0.379. The molecule has 1 N–H and O–H groups in total. The van der Waals surface area contributed by atoms with E-state index in [9.17, 15) is 13.6 Å². The van der Waals surface area contributed by atoms with Gasteiger partial charge >= 0.3 is 0 Å². The van der Waals surface area contributed by atoms with Gasteiger partial charge in [-0.1, -0.05) is 0 Å². The number of hydrogen-bond donors (Lipinski definition) is 1. The molecule has 0 aliphatic carbocycles. The molecule has 106 valence electrons. The minimum Gasteiger partial charge on any atom is -0.347 e. The molecule has 0 unspecified atom stereocenters. The van der Waals surface area contributed by atoms with Crippen LogP contribution in [0.3, 0.4) is 0 Å². The number of halogens is 2. The highest BCUT2D eigenvalue weighted by atomic mass is 32.2. The van der Waals surface area contributed by atoms with Crippen molar-refractivity contribution >= 4 is 17.7 Å². The van der Waals surface area contributed by atoms with Crippen molar-refractivity contribution in [3.05, 3.63) is 48.1 Å². The average Bonchev–Trinajstić information content (AvgIpc) is 2.92. The summed E-state index contributed by atoms with van der Waals surface area (Å²) >= 11 is 1.16. The average molecular weight is 297 g/mol. The van der Waals surface area contributed by atoms with Gasteiger partial charge in [-0.25, -0.2) is 13.8 Å². The lowest BCUT2D eigenvalue weighted by atomic mass is 10.3. The second kappa shape index (κ2) is 6.51. The predicted octanol–water partition coefficient (Wildman–Crippen LogP) is 2.44. The van der Waals surface area contributed by atoms with Crippen LogP contribution in [0.5, 0.6) is 0 Å². The molecule has 0 saturated heterocycles. The Balaban J connectivity index is 1.86. The Kier molecular flexibility index (Phi) is 4.73. The summed E-state index contributed by atoms with van der Waals surface area (Å²) in [5.41, 5.74) is 0. The van der Waals surface area contributed by atoms with Gasteiger partial charge in [0.15, 0.2) is 11.6 Å². The quantitative estimate of drug-likeness (QED) is 0.862. The fourth-order valence-electron chi connectivity index (χ4n) is 1.52. The zero-order valence-electron chi connectivity index (χ0n) is 10.8. The van der Waals surface area contributed by atoms with Crippen LogP contribution in [-0.4, -0.2) is 33.6 Å². The SMILES string of the molecule is CN(Cc1ncc[nH]1)C(=O)CSc1ccc(F)c(F)c1. The second-order valence-electron chi connectivity index (χ2n) is 4.15. The van der Waals surface area contributed by atoms with Crippen molar-refractivity contribution in [2.45, 2.75) is 11.4 Å².